The highest BCUT2D eigenvalue weighted by atomic mass is 32.1. The van der Waals surface area contributed by atoms with Crippen LogP contribution in [0.5, 0.6) is 0 Å². The van der Waals surface area contributed by atoms with E-state index in [0.29, 0.717) is 0 Å². The summed E-state index contributed by atoms with van der Waals surface area (Å²) in [6, 6.07) is 0. The molecule has 62 valence electrons. The minimum atomic E-state index is -0.472. The first-order valence-electron chi connectivity index (χ1n) is 3.12. The number of hydrogen-bond donors (Lipinski definition) is 1. The maximum absolute atomic E-state index is 11.3. The second kappa shape index (κ2) is 2.24. The molecule has 12 heavy (non-hydrogen) atoms. The van der Waals surface area contributed by atoms with Crippen LogP contribution in [-0.4, -0.2) is 18.3 Å². The van der Waals surface area contributed by atoms with Crippen LogP contribution >= 0.6 is 11.7 Å². The summed E-state index contributed by atoms with van der Waals surface area (Å²) in [7, 11) is 1.39. The zero-order valence-corrected chi connectivity index (χ0v) is 6.88. The van der Waals surface area contributed by atoms with E-state index in [2.05, 4.69) is 13.7 Å². The lowest BCUT2D eigenvalue weighted by Gasteiger charge is -1.91. The third kappa shape index (κ3) is 0.797. The maximum Gasteiger partial charge on any atom is 0.329 e. The van der Waals surface area contributed by atoms with Gasteiger partial charge >= 0.3 is 5.69 Å². The van der Waals surface area contributed by atoms with Gasteiger partial charge in [0, 0.05) is 7.05 Å². The van der Waals surface area contributed by atoms with Crippen molar-refractivity contribution in [3.8, 4) is 0 Å². The fourth-order valence-corrected chi connectivity index (χ4v) is 1.35. The van der Waals surface area contributed by atoms with Crippen molar-refractivity contribution in [3.63, 3.8) is 0 Å². The predicted molar refractivity (Wildman–Crippen MR) is 43.3 cm³/mol. The third-order valence-corrected chi connectivity index (χ3v) is 2.05. The summed E-state index contributed by atoms with van der Waals surface area (Å²) in [5.41, 5.74) is -0.419. The zero-order chi connectivity index (χ0) is 8.72. The zero-order valence-electron chi connectivity index (χ0n) is 6.07. The molecule has 0 saturated heterocycles. The highest BCUT2D eigenvalue weighted by Crippen LogP contribution is 1.98. The molecule has 0 bridgehead atoms. The fourth-order valence-electron chi connectivity index (χ4n) is 0.847. The molecule has 0 aromatic carbocycles. The van der Waals surface area contributed by atoms with Crippen molar-refractivity contribution < 1.29 is 0 Å². The van der Waals surface area contributed by atoms with E-state index in [1.807, 2.05) is 0 Å². The Labute approximate surface area is 69.8 Å². The summed E-state index contributed by atoms with van der Waals surface area (Å²) in [5.74, 6) is 0. The van der Waals surface area contributed by atoms with Crippen LogP contribution in [0.25, 0.3) is 11.2 Å². The Morgan fingerprint density at radius 2 is 2.17 bits per heavy atom. The quantitative estimate of drug-likeness (QED) is 0.574. The van der Waals surface area contributed by atoms with E-state index >= 15 is 0 Å². The monoisotopic (exact) mass is 184 g/mol. The van der Waals surface area contributed by atoms with Crippen molar-refractivity contribution in [2.75, 3.05) is 0 Å². The number of H-pyrrole nitrogens is 1. The van der Waals surface area contributed by atoms with Gasteiger partial charge in [-0.1, -0.05) is 0 Å². The van der Waals surface area contributed by atoms with Crippen LogP contribution in [0.4, 0.5) is 0 Å². The number of rotatable bonds is 0. The fraction of sp³-hybridized carbons (Fsp3) is 0.200. The van der Waals surface area contributed by atoms with Gasteiger partial charge in [0.25, 0.3) is 5.56 Å². The molecule has 2 aromatic rings. The minimum absolute atomic E-state index is 0.210. The Morgan fingerprint density at radius 1 is 1.42 bits per heavy atom. The van der Waals surface area contributed by atoms with E-state index in [1.165, 1.54) is 7.05 Å². The molecule has 1 N–H and O–H groups in total. The topological polar surface area (TPSA) is 80.6 Å². The average Bonchev–Trinajstić information content (AvgIpc) is 2.48. The molecule has 2 heterocycles. The van der Waals surface area contributed by atoms with Gasteiger partial charge in [0.05, 0.1) is 11.7 Å². The molecule has 2 rings (SSSR count). The molecule has 0 amide bonds. The molecule has 0 spiro atoms. The van der Waals surface area contributed by atoms with Gasteiger partial charge in [-0.15, -0.1) is 0 Å². The molecule has 0 unspecified atom stereocenters. The van der Waals surface area contributed by atoms with Gasteiger partial charge in [-0.3, -0.25) is 14.3 Å². The maximum atomic E-state index is 11.3. The van der Waals surface area contributed by atoms with Crippen molar-refractivity contribution in [1.82, 2.24) is 18.3 Å². The van der Waals surface area contributed by atoms with Crippen molar-refractivity contribution in [1.29, 1.82) is 0 Å². The molecule has 6 nitrogen and oxygen atoms in total. The predicted octanol–water partition coefficient (Wildman–Crippen LogP) is -0.922. The van der Waals surface area contributed by atoms with Crippen molar-refractivity contribution in [2.45, 2.75) is 0 Å². The van der Waals surface area contributed by atoms with Crippen LogP contribution in [0.15, 0.2) is 9.59 Å². The highest BCUT2D eigenvalue weighted by Gasteiger charge is 2.06. The molecule has 0 radical (unpaired) electrons. The second-order valence-corrected chi connectivity index (χ2v) is 2.78. The van der Waals surface area contributed by atoms with Crippen LogP contribution in [0.3, 0.4) is 0 Å². The Bertz CT molecular complexity index is 536. The van der Waals surface area contributed by atoms with Gasteiger partial charge in [-0.2, -0.15) is 8.75 Å². The van der Waals surface area contributed by atoms with E-state index in [9.17, 15) is 9.59 Å². The molecule has 2 aromatic heterocycles. The number of nitrogens with one attached hydrogen (secondary N) is 1. The average molecular weight is 184 g/mol. The van der Waals surface area contributed by atoms with Crippen molar-refractivity contribution in [2.24, 2.45) is 7.05 Å². The molecule has 0 fully saturated rings. The van der Waals surface area contributed by atoms with Crippen LogP contribution in [-0.2, 0) is 7.05 Å². The summed E-state index contributed by atoms with van der Waals surface area (Å²) >= 11 is 0.901. The highest BCUT2D eigenvalue weighted by molar-refractivity contribution is 7.00. The van der Waals surface area contributed by atoms with Crippen LogP contribution in [0.2, 0.25) is 0 Å². The largest absolute Gasteiger partial charge is 0.329 e. The Balaban J connectivity index is 3.16. The van der Waals surface area contributed by atoms with E-state index in [0.717, 1.165) is 16.3 Å². The molecule has 0 aliphatic rings. The lowest BCUT2D eigenvalue weighted by atomic mass is 10.5. The summed E-state index contributed by atoms with van der Waals surface area (Å²) in [4.78, 5) is 24.7. The summed E-state index contributed by atoms with van der Waals surface area (Å²) in [5, 5.41) is 0. The number of fused-ring (bicyclic) bond motifs is 1. The summed E-state index contributed by atoms with van der Waals surface area (Å²) in [6.45, 7) is 0. The molecule has 0 saturated carbocycles. The Morgan fingerprint density at radius 3 is 2.92 bits per heavy atom. The van der Waals surface area contributed by atoms with E-state index in [4.69, 9.17) is 0 Å². The molecule has 0 aliphatic heterocycles. The van der Waals surface area contributed by atoms with E-state index in [1.54, 1.807) is 0 Å². The van der Waals surface area contributed by atoms with E-state index < -0.39 is 11.2 Å². The van der Waals surface area contributed by atoms with Crippen LogP contribution in [0.1, 0.15) is 0 Å². The summed E-state index contributed by atoms with van der Waals surface area (Å²) < 4.78 is 8.45. The molecular formula is C5H4N4O2S. The van der Waals surface area contributed by atoms with Gasteiger partial charge in [-0.05, 0) is 0 Å². The van der Waals surface area contributed by atoms with Crippen molar-refractivity contribution in [3.05, 3.63) is 20.8 Å². The van der Waals surface area contributed by atoms with E-state index in [-0.39, 0.29) is 11.2 Å². The standard InChI is InChI=1S/C5H4N4O2S/c1-9-4(10)2-3(6-5(9)11)8-12-7-2/h1H3,(H,6,8,11). The number of aromatic nitrogens is 4. The molecule has 0 aliphatic carbocycles. The second-order valence-electron chi connectivity index (χ2n) is 2.26. The number of hydrogen-bond acceptors (Lipinski definition) is 5. The van der Waals surface area contributed by atoms with Gasteiger partial charge in [-0.25, -0.2) is 4.79 Å². The van der Waals surface area contributed by atoms with Crippen LogP contribution < -0.4 is 11.2 Å². The normalized spacial score (nSPS) is 10.8. The first-order valence-corrected chi connectivity index (χ1v) is 3.85. The van der Waals surface area contributed by atoms with Gasteiger partial charge in [0.2, 0.25) is 0 Å². The Hall–Kier alpha value is -1.50. The number of nitrogens with zero attached hydrogens (tertiary/aromatic N) is 3. The third-order valence-electron chi connectivity index (χ3n) is 1.53. The smallest absolute Gasteiger partial charge is 0.289 e. The molecule has 7 heteroatoms. The van der Waals surface area contributed by atoms with Gasteiger partial charge < -0.3 is 0 Å². The summed E-state index contributed by atoms with van der Waals surface area (Å²) in [6.07, 6.45) is 0. The lowest BCUT2D eigenvalue weighted by molar-refractivity contribution is 0.790. The first-order chi connectivity index (χ1) is 5.70. The van der Waals surface area contributed by atoms with Gasteiger partial charge in [0.15, 0.2) is 11.2 Å². The SMILES string of the molecule is Cn1c(=O)[nH]c2nsnc2c1=O. The first kappa shape index (κ1) is 7.17. The Kier molecular flexibility index (Phi) is 1.34. The number of aromatic amines is 1. The molecule has 0 atom stereocenters. The minimum Gasteiger partial charge on any atom is -0.289 e. The molecular weight excluding hydrogens is 180 g/mol. The van der Waals surface area contributed by atoms with Gasteiger partial charge in [0.1, 0.15) is 0 Å². The lowest BCUT2D eigenvalue weighted by Crippen LogP contribution is -2.32. The van der Waals surface area contributed by atoms with Crippen LogP contribution in [0, 0.1) is 0 Å². The van der Waals surface area contributed by atoms with Crippen molar-refractivity contribution >= 4 is 22.9 Å².